The van der Waals surface area contributed by atoms with Gasteiger partial charge in [0.15, 0.2) is 5.17 Å². The lowest BCUT2D eigenvalue weighted by Crippen LogP contribution is -2.57. The van der Waals surface area contributed by atoms with Gasteiger partial charge in [-0.1, -0.05) is 44.4 Å². The van der Waals surface area contributed by atoms with Crippen LogP contribution >= 0.6 is 11.8 Å². The van der Waals surface area contributed by atoms with E-state index in [-0.39, 0.29) is 18.0 Å². The van der Waals surface area contributed by atoms with Gasteiger partial charge in [0.25, 0.3) is 0 Å². The highest BCUT2D eigenvalue weighted by Gasteiger charge is 2.50. The normalized spacial score (nSPS) is 34.9. The van der Waals surface area contributed by atoms with Crippen LogP contribution in [0.25, 0.3) is 0 Å². The SMILES string of the molecule is CCCCCCC(CO)C1OC2SC(N(C)C)=NC2C(O)C1O. The minimum absolute atomic E-state index is 0.0377. The zero-order chi connectivity index (χ0) is 17.0. The first-order valence-electron chi connectivity index (χ1n) is 8.53. The van der Waals surface area contributed by atoms with E-state index < -0.39 is 24.4 Å². The summed E-state index contributed by atoms with van der Waals surface area (Å²) in [6, 6.07) is -0.442. The number of aliphatic hydroxyl groups excluding tert-OH is 3. The van der Waals surface area contributed by atoms with Gasteiger partial charge in [-0.2, -0.15) is 0 Å². The first kappa shape index (κ1) is 19.0. The molecule has 23 heavy (non-hydrogen) atoms. The molecule has 0 spiro atoms. The summed E-state index contributed by atoms with van der Waals surface area (Å²) in [5, 5.41) is 31.4. The Morgan fingerprint density at radius 3 is 2.57 bits per heavy atom. The van der Waals surface area contributed by atoms with Gasteiger partial charge in [-0.3, -0.25) is 4.99 Å². The monoisotopic (exact) mass is 346 g/mol. The van der Waals surface area contributed by atoms with Crippen molar-refractivity contribution in [2.75, 3.05) is 20.7 Å². The molecule has 0 aromatic carbocycles. The first-order valence-corrected chi connectivity index (χ1v) is 9.41. The molecule has 2 rings (SSSR count). The number of unbranched alkanes of at least 4 members (excludes halogenated alkanes) is 3. The van der Waals surface area contributed by atoms with Crippen LogP contribution in [0.1, 0.15) is 39.0 Å². The Labute approximate surface area is 142 Å². The maximum atomic E-state index is 10.4. The van der Waals surface area contributed by atoms with Gasteiger partial charge in [0.1, 0.15) is 23.7 Å². The molecule has 6 atom stereocenters. The Bertz CT molecular complexity index is 408. The molecule has 0 aromatic rings. The summed E-state index contributed by atoms with van der Waals surface area (Å²) in [6.45, 7) is 2.12. The van der Waals surface area contributed by atoms with Crippen LogP contribution in [0.5, 0.6) is 0 Å². The van der Waals surface area contributed by atoms with Crippen molar-refractivity contribution in [1.29, 1.82) is 0 Å². The summed E-state index contributed by atoms with van der Waals surface area (Å²) in [4.78, 5) is 6.34. The number of fused-ring (bicyclic) bond motifs is 1. The van der Waals surface area contributed by atoms with E-state index >= 15 is 0 Å². The van der Waals surface area contributed by atoms with Crippen LogP contribution in [0.15, 0.2) is 4.99 Å². The molecule has 0 radical (unpaired) electrons. The van der Waals surface area contributed by atoms with E-state index in [4.69, 9.17) is 4.74 Å². The smallest absolute Gasteiger partial charge is 0.161 e. The van der Waals surface area contributed by atoms with E-state index in [1.807, 2.05) is 19.0 Å². The van der Waals surface area contributed by atoms with Crippen molar-refractivity contribution in [2.45, 2.75) is 68.8 Å². The zero-order valence-electron chi connectivity index (χ0n) is 14.3. The third kappa shape index (κ3) is 4.39. The van der Waals surface area contributed by atoms with Crippen LogP contribution in [-0.2, 0) is 4.74 Å². The lowest BCUT2D eigenvalue weighted by Gasteiger charge is -2.41. The largest absolute Gasteiger partial charge is 0.396 e. The number of nitrogens with zero attached hydrogens (tertiary/aromatic N) is 2. The Balaban J connectivity index is 1.98. The minimum Gasteiger partial charge on any atom is -0.396 e. The molecule has 3 N–H and O–H groups in total. The van der Waals surface area contributed by atoms with Crippen molar-refractivity contribution < 1.29 is 20.1 Å². The first-order chi connectivity index (χ1) is 11.0. The summed E-state index contributed by atoms with van der Waals surface area (Å²) < 4.78 is 6.04. The molecule has 0 aliphatic carbocycles. The Morgan fingerprint density at radius 1 is 1.22 bits per heavy atom. The zero-order valence-corrected chi connectivity index (χ0v) is 15.1. The molecule has 0 bridgehead atoms. The second-order valence-electron chi connectivity index (χ2n) is 6.66. The van der Waals surface area contributed by atoms with Crippen LogP contribution in [0.3, 0.4) is 0 Å². The number of hydrogen-bond donors (Lipinski definition) is 3. The topological polar surface area (TPSA) is 85.5 Å². The summed E-state index contributed by atoms with van der Waals surface area (Å²) in [6.07, 6.45) is 2.76. The van der Waals surface area contributed by atoms with Crippen LogP contribution in [-0.4, -0.2) is 75.9 Å². The van der Waals surface area contributed by atoms with Crippen molar-refractivity contribution in [2.24, 2.45) is 10.9 Å². The van der Waals surface area contributed by atoms with Crippen molar-refractivity contribution >= 4 is 16.9 Å². The standard InChI is InChI=1S/C16H30N2O4S/c1-4-5-6-7-8-10(9-19)14-13(21)12(20)11-15(22-14)23-16(17-11)18(2)3/h10-15,19-21H,4-9H2,1-3H3. The Kier molecular flexibility index (Phi) is 7.16. The molecule has 134 valence electrons. The van der Waals surface area contributed by atoms with Crippen molar-refractivity contribution in [3.8, 4) is 0 Å². The maximum Gasteiger partial charge on any atom is 0.161 e. The molecule has 6 nitrogen and oxygen atoms in total. The molecular formula is C16H30N2O4S. The predicted molar refractivity (Wildman–Crippen MR) is 92.5 cm³/mol. The van der Waals surface area contributed by atoms with E-state index in [1.54, 1.807) is 0 Å². The van der Waals surface area contributed by atoms with E-state index in [1.165, 1.54) is 18.2 Å². The molecule has 1 saturated heterocycles. The highest BCUT2D eigenvalue weighted by atomic mass is 32.2. The Hall–Kier alpha value is -0.340. The predicted octanol–water partition coefficient (Wildman–Crippen LogP) is 1.04. The summed E-state index contributed by atoms with van der Waals surface area (Å²) >= 11 is 1.47. The molecule has 1 fully saturated rings. The molecule has 2 aliphatic rings. The van der Waals surface area contributed by atoms with Crippen LogP contribution < -0.4 is 0 Å². The molecule has 2 aliphatic heterocycles. The number of thioether (sulfide) groups is 1. The number of aliphatic imine (C=N–C) groups is 1. The van der Waals surface area contributed by atoms with Crippen LogP contribution in [0.4, 0.5) is 0 Å². The van der Waals surface area contributed by atoms with Gasteiger partial charge in [-0.05, 0) is 6.42 Å². The number of rotatable bonds is 7. The summed E-state index contributed by atoms with van der Waals surface area (Å²) in [5.74, 6) is -0.151. The van der Waals surface area contributed by atoms with Crippen LogP contribution in [0.2, 0.25) is 0 Å². The Morgan fingerprint density at radius 2 is 1.96 bits per heavy atom. The second-order valence-corrected chi connectivity index (χ2v) is 7.72. The quantitative estimate of drug-likeness (QED) is 0.598. The molecule has 2 heterocycles. The highest BCUT2D eigenvalue weighted by molar-refractivity contribution is 8.14. The van der Waals surface area contributed by atoms with Crippen molar-refractivity contribution in [1.82, 2.24) is 4.90 Å². The van der Waals surface area contributed by atoms with E-state index in [2.05, 4.69) is 11.9 Å². The number of amidine groups is 1. The third-order valence-corrected chi connectivity index (χ3v) is 5.90. The molecule has 6 unspecified atom stereocenters. The fourth-order valence-corrected chi connectivity index (χ4v) is 4.32. The van der Waals surface area contributed by atoms with Crippen molar-refractivity contribution in [3.05, 3.63) is 0 Å². The maximum absolute atomic E-state index is 10.4. The molecule has 0 amide bonds. The van der Waals surface area contributed by atoms with Gasteiger partial charge in [0.05, 0.1) is 6.10 Å². The van der Waals surface area contributed by atoms with Gasteiger partial charge in [-0.25, -0.2) is 0 Å². The van der Waals surface area contributed by atoms with Gasteiger partial charge < -0.3 is 25.0 Å². The fraction of sp³-hybridized carbons (Fsp3) is 0.938. The number of ether oxygens (including phenoxy) is 1. The van der Waals surface area contributed by atoms with E-state index in [0.717, 1.165) is 30.9 Å². The third-order valence-electron chi connectivity index (χ3n) is 4.60. The van der Waals surface area contributed by atoms with Gasteiger partial charge in [0, 0.05) is 26.6 Å². The van der Waals surface area contributed by atoms with E-state index in [9.17, 15) is 15.3 Å². The summed E-state index contributed by atoms with van der Waals surface area (Å²) in [7, 11) is 3.79. The number of aliphatic hydroxyl groups is 3. The van der Waals surface area contributed by atoms with Gasteiger partial charge >= 0.3 is 0 Å². The van der Waals surface area contributed by atoms with Crippen molar-refractivity contribution in [3.63, 3.8) is 0 Å². The minimum atomic E-state index is -1.01. The molecule has 0 saturated carbocycles. The summed E-state index contributed by atoms with van der Waals surface area (Å²) in [5.41, 5.74) is -0.291. The lowest BCUT2D eigenvalue weighted by atomic mass is 9.87. The lowest BCUT2D eigenvalue weighted by molar-refractivity contribution is -0.175. The molecule has 7 heteroatoms. The second kappa shape index (κ2) is 8.67. The highest BCUT2D eigenvalue weighted by Crippen LogP contribution is 2.39. The molecule has 0 aromatic heterocycles. The van der Waals surface area contributed by atoms with E-state index in [0.29, 0.717) is 0 Å². The van der Waals surface area contributed by atoms with Crippen LogP contribution in [0, 0.1) is 5.92 Å². The average molecular weight is 346 g/mol. The number of hydrogen-bond acceptors (Lipinski definition) is 7. The fourth-order valence-electron chi connectivity index (χ4n) is 3.17. The molecular weight excluding hydrogens is 316 g/mol. The van der Waals surface area contributed by atoms with Gasteiger partial charge in [-0.15, -0.1) is 0 Å². The average Bonchev–Trinajstić information content (AvgIpc) is 2.96. The van der Waals surface area contributed by atoms with Gasteiger partial charge in [0.2, 0.25) is 0 Å².